The molecule has 0 spiro atoms. The number of benzene rings is 1. The topological polar surface area (TPSA) is 70.3 Å². The number of aliphatic hydroxyl groups is 1. The molecule has 1 aromatic rings. The number of aliphatic hydroxyl groups excluding tert-OH is 1. The fraction of sp³-hybridized carbons (Fsp3) is 0.412. The molecular formula is C17H19NO3. The molecule has 1 heterocycles. The molecular weight excluding hydrogens is 266 g/mol. The van der Waals surface area contributed by atoms with Gasteiger partial charge in [-0.15, -0.1) is 0 Å². The van der Waals surface area contributed by atoms with E-state index in [0.717, 1.165) is 18.1 Å². The van der Waals surface area contributed by atoms with Gasteiger partial charge < -0.3 is 9.84 Å². The summed E-state index contributed by atoms with van der Waals surface area (Å²) in [5.41, 5.74) is 1.05. The molecule has 0 amide bonds. The molecule has 1 aliphatic rings. The van der Waals surface area contributed by atoms with Crippen LogP contribution in [0.5, 0.6) is 0 Å². The van der Waals surface area contributed by atoms with E-state index in [0.29, 0.717) is 18.4 Å². The van der Waals surface area contributed by atoms with Crippen molar-refractivity contribution in [1.29, 1.82) is 5.26 Å². The molecule has 0 radical (unpaired) electrons. The molecule has 1 atom stereocenters. The van der Waals surface area contributed by atoms with Crippen LogP contribution in [0.3, 0.4) is 0 Å². The van der Waals surface area contributed by atoms with Gasteiger partial charge in [0, 0.05) is 6.42 Å². The summed E-state index contributed by atoms with van der Waals surface area (Å²) in [6, 6.07) is 9.47. The Morgan fingerprint density at radius 1 is 1.38 bits per heavy atom. The highest BCUT2D eigenvalue weighted by Crippen LogP contribution is 2.36. The van der Waals surface area contributed by atoms with Crippen LogP contribution in [0.1, 0.15) is 37.8 Å². The third kappa shape index (κ3) is 3.43. The standard InChI is InChI=1S/C17H19NO3/c1-12(2)17(10-15(19)9-16(20)21-17)8-7-13-3-5-14(11-18)6-4-13/h3-6,9,12,19H,7-8,10H2,1-2H3. The summed E-state index contributed by atoms with van der Waals surface area (Å²) in [4.78, 5) is 11.6. The highest BCUT2D eigenvalue weighted by atomic mass is 16.6. The van der Waals surface area contributed by atoms with Gasteiger partial charge in [-0.3, -0.25) is 0 Å². The number of hydrogen-bond donors (Lipinski definition) is 1. The monoisotopic (exact) mass is 285 g/mol. The van der Waals surface area contributed by atoms with Crippen LogP contribution in [0.25, 0.3) is 0 Å². The summed E-state index contributed by atoms with van der Waals surface area (Å²) in [5, 5.41) is 18.5. The zero-order valence-electron chi connectivity index (χ0n) is 12.3. The molecule has 0 aliphatic carbocycles. The van der Waals surface area contributed by atoms with E-state index in [1.165, 1.54) is 0 Å². The Bertz CT molecular complexity index is 595. The van der Waals surface area contributed by atoms with Crippen LogP contribution in [-0.4, -0.2) is 16.7 Å². The highest BCUT2D eigenvalue weighted by Gasteiger charge is 2.41. The quantitative estimate of drug-likeness (QED) is 0.862. The van der Waals surface area contributed by atoms with Crippen molar-refractivity contribution in [3.8, 4) is 6.07 Å². The maximum atomic E-state index is 11.6. The van der Waals surface area contributed by atoms with Gasteiger partial charge >= 0.3 is 5.97 Å². The molecule has 4 heteroatoms. The molecule has 1 aliphatic heterocycles. The number of carbonyl (C=O) groups excluding carboxylic acids is 1. The maximum absolute atomic E-state index is 11.6. The van der Waals surface area contributed by atoms with E-state index >= 15 is 0 Å². The van der Waals surface area contributed by atoms with Crippen molar-refractivity contribution in [2.24, 2.45) is 5.92 Å². The van der Waals surface area contributed by atoms with Crippen LogP contribution in [0, 0.1) is 17.2 Å². The van der Waals surface area contributed by atoms with Gasteiger partial charge in [0.2, 0.25) is 0 Å². The van der Waals surface area contributed by atoms with E-state index in [1.54, 1.807) is 12.1 Å². The minimum atomic E-state index is -0.663. The Kier molecular flexibility index (Phi) is 4.32. The first kappa shape index (κ1) is 15.1. The molecule has 1 unspecified atom stereocenters. The lowest BCUT2D eigenvalue weighted by Gasteiger charge is -2.39. The van der Waals surface area contributed by atoms with Crippen molar-refractivity contribution in [2.75, 3.05) is 0 Å². The lowest BCUT2D eigenvalue weighted by molar-refractivity contribution is -0.163. The molecule has 0 saturated carbocycles. The van der Waals surface area contributed by atoms with E-state index in [4.69, 9.17) is 10.00 Å². The second-order valence-corrected chi connectivity index (χ2v) is 5.76. The summed E-state index contributed by atoms with van der Waals surface area (Å²) in [6.45, 7) is 3.98. The first-order valence-electron chi connectivity index (χ1n) is 7.07. The number of hydrogen-bond acceptors (Lipinski definition) is 4. The largest absolute Gasteiger partial charge is 0.512 e. The SMILES string of the molecule is CC(C)C1(CCc2ccc(C#N)cc2)CC(O)=CC(=O)O1. The van der Waals surface area contributed by atoms with Gasteiger partial charge in [-0.05, 0) is 36.5 Å². The van der Waals surface area contributed by atoms with Gasteiger partial charge in [-0.2, -0.15) is 5.26 Å². The Balaban J connectivity index is 2.12. The number of nitriles is 1. The van der Waals surface area contributed by atoms with E-state index in [9.17, 15) is 9.90 Å². The average molecular weight is 285 g/mol. The zero-order chi connectivity index (χ0) is 15.5. The molecule has 1 aromatic carbocycles. The van der Waals surface area contributed by atoms with E-state index in [1.807, 2.05) is 26.0 Å². The number of rotatable bonds is 4. The normalized spacial score (nSPS) is 21.6. The number of nitrogens with zero attached hydrogens (tertiary/aromatic N) is 1. The van der Waals surface area contributed by atoms with Crippen LogP contribution in [0.2, 0.25) is 0 Å². The Labute approximate surface area is 124 Å². The van der Waals surface area contributed by atoms with Gasteiger partial charge in [0.05, 0.1) is 17.7 Å². The summed E-state index contributed by atoms with van der Waals surface area (Å²) >= 11 is 0. The van der Waals surface area contributed by atoms with Gasteiger partial charge in [0.1, 0.15) is 11.4 Å². The predicted octanol–water partition coefficient (Wildman–Crippen LogP) is 3.27. The lowest BCUT2D eigenvalue weighted by atomic mass is 9.80. The minimum Gasteiger partial charge on any atom is -0.512 e. The zero-order valence-corrected chi connectivity index (χ0v) is 12.3. The van der Waals surface area contributed by atoms with Gasteiger partial charge in [-0.1, -0.05) is 26.0 Å². The van der Waals surface area contributed by atoms with Crippen molar-refractivity contribution in [2.45, 2.75) is 38.7 Å². The Hall–Kier alpha value is -2.28. The third-order valence-electron chi connectivity index (χ3n) is 4.04. The van der Waals surface area contributed by atoms with Crippen molar-refractivity contribution in [3.63, 3.8) is 0 Å². The maximum Gasteiger partial charge on any atom is 0.334 e. The fourth-order valence-corrected chi connectivity index (χ4v) is 2.61. The molecule has 21 heavy (non-hydrogen) atoms. The summed E-state index contributed by atoms with van der Waals surface area (Å²) in [5.74, 6) is -0.289. The van der Waals surface area contributed by atoms with Crippen molar-refractivity contribution in [1.82, 2.24) is 0 Å². The molecule has 1 N–H and O–H groups in total. The minimum absolute atomic E-state index is 0.0831. The van der Waals surface area contributed by atoms with Gasteiger partial charge in [0.15, 0.2) is 0 Å². The van der Waals surface area contributed by atoms with Crippen LogP contribution in [0.4, 0.5) is 0 Å². The number of carbonyl (C=O) groups is 1. The summed E-state index contributed by atoms with van der Waals surface area (Å²) < 4.78 is 5.54. The second kappa shape index (κ2) is 6.01. The van der Waals surface area contributed by atoms with E-state index in [2.05, 4.69) is 6.07 Å². The molecule has 110 valence electrons. The van der Waals surface area contributed by atoms with Crippen molar-refractivity contribution >= 4 is 5.97 Å². The molecule has 0 fully saturated rings. The van der Waals surface area contributed by atoms with Gasteiger partial charge in [-0.25, -0.2) is 4.79 Å². The highest BCUT2D eigenvalue weighted by molar-refractivity contribution is 5.83. The van der Waals surface area contributed by atoms with Crippen LogP contribution < -0.4 is 0 Å². The van der Waals surface area contributed by atoms with Gasteiger partial charge in [0.25, 0.3) is 0 Å². The van der Waals surface area contributed by atoms with Crippen molar-refractivity contribution < 1.29 is 14.6 Å². The first-order valence-corrected chi connectivity index (χ1v) is 7.07. The van der Waals surface area contributed by atoms with E-state index in [-0.39, 0.29) is 11.7 Å². The number of cyclic esters (lactones) is 1. The van der Waals surface area contributed by atoms with Crippen LogP contribution in [0.15, 0.2) is 36.1 Å². The Morgan fingerprint density at radius 3 is 2.57 bits per heavy atom. The molecule has 2 rings (SSSR count). The van der Waals surface area contributed by atoms with Crippen molar-refractivity contribution in [3.05, 3.63) is 47.2 Å². The first-order chi connectivity index (χ1) is 9.95. The second-order valence-electron chi connectivity index (χ2n) is 5.76. The molecule has 0 aromatic heterocycles. The number of esters is 1. The fourth-order valence-electron chi connectivity index (χ4n) is 2.61. The number of ether oxygens (including phenoxy) is 1. The third-order valence-corrected chi connectivity index (χ3v) is 4.04. The van der Waals surface area contributed by atoms with Crippen LogP contribution in [-0.2, 0) is 16.0 Å². The predicted molar refractivity (Wildman–Crippen MR) is 78.5 cm³/mol. The average Bonchev–Trinajstić information content (AvgIpc) is 2.44. The number of aryl methyl sites for hydroxylation is 1. The summed E-state index contributed by atoms with van der Waals surface area (Å²) in [6.07, 6.45) is 2.86. The molecule has 0 bridgehead atoms. The smallest absolute Gasteiger partial charge is 0.334 e. The van der Waals surface area contributed by atoms with Crippen LogP contribution >= 0.6 is 0 Å². The summed E-state index contributed by atoms with van der Waals surface area (Å²) in [7, 11) is 0. The molecule has 4 nitrogen and oxygen atoms in total. The van der Waals surface area contributed by atoms with E-state index < -0.39 is 11.6 Å². The molecule has 0 saturated heterocycles. The Morgan fingerprint density at radius 2 is 2.05 bits per heavy atom. The lowest BCUT2D eigenvalue weighted by Crippen LogP contribution is -2.43.